The van der Waals surface area contributed by atoms with Crippen LogP contribution in [-0.4, -0.2) is 63.2 Å². The molecule has 2 heterocycles. The number of aromatic nitrogens is 2. The molecular formula is C26H35ClFN5O3. The van der Waals surface area contributed by atoms with Crippen molar-refractivity contribution in [3.05, 3.63) is 40.4 Å². The first kappa shape index (κ1) is 26.6. The molecule has 2 aromatic rings. The lowest BCUT2D eigenvalue weighted by Gasteiger charge is -2.31. The quantitative estimate of drug-likeness (QED) is 0.562. The van der Waals surface area contributed by atoms with Gasteiger partial charge in [0.2, 0.25) is 5.91 Å². The van der Waals surface area contributed by atoms with Gasteiger partial charge in [0.1, 0.15) is 17.7 Å². The molecule has 8 nitrogen and oxygen atoms in total. The van der Waals surface area contributed by atoms with E-state index in [1.165, 1.54) is 18.2 Å². The lowest BCUT2D eigenvalue weighted by molar-refractivity contribution is -0.126. The first-order chi connectivity index (χ1) is 17.0. The Hall–Kier alpha value is -2.49. The largest absolute Gasteiger partial charge is 0.391 e. The molecule has 1 saturated carbocycles. The van der Waals surface area contributed by atoms with Gasteiger partial charge in [0.05, 0.1) is 23.4 Å². The van der Waals surface area contributed by atoms with E-state index in [1.54, 1.807) is 0 Å². The molecule has 0 saturated heterocycles. The number of hydrogen-bond acceptors (Lipinski definition) is 5. The van der Waals surface area contributed by atoms with Gasteiger partial charge in [0, 0.05) is 18.1 Å². The second-order valence-electron chi connectivity index (χ2n) is 11.0. The van der Waals surface area contributed by atoms with Gasteiger partial charge < -0.3 is 25.2 Å². The third kappa shape index (κ3) is 5.58. The number of rotatable bonds is 5. The van der Waals surface area contributed by atoms with Crippen LogP contribution in [0, 0.1) is 11.2 Å². The Bertz CT molecular complexity index is 1150. The zero-order valence-electron chi connectivity index (χ0n) is 21.3. The van der Waals surface area contributed by atoms with Gasteiger partial charge in [-0.1, -0.05) is 32.4 Å². The average molecular weight is 520 g/mol. The van der Waals surface area contributed by atoms with E-state index in [9.17, 15) is 19.1 Å². The molecule has 1 aliphatic heterocycles. The summed E-state index contributed by atoms with van der Waals surface area (Å²) >= 11 is 6.16. The van der Waals surface area contributed by atoms with E-state index in [2.05, 4.69) is 20.5 Å². The summed E-state index contributed by atoms with van der Waals surface area (Å²) in [6, 6.07) is 3.10. The number of carbonyl (C=O) groups excluding carboxylic acids is 2. The zero-order valence-corrected chi connectivity index (χ0v) is 22.0. The number of fused-ring (bicyclic) bond motifs is 1. The topological polar surface area (TPSA) is 99.5 Å². The molecule has 3 atom stereocenters. The van der Waals surface area contributed by atoms with Gasteiger partial charge in [0.15, 0.2) is 5.69 Å². The summed E-state index contributed by atoms with van der Waals surface area (Å²) in [5.41, 5.74) is 0.466. The highest BCUT2D eigenvalue weighted by Crippen LogP contribution is 2.30. The van der Waals surface area contributed by atoms with Crippen LogP contribution in [-0.2, 0) is 17.9 Å². The molecule has 1 aliphatic carbocycles. The van der Waals surface area contributed by atoms with Crippen LogP contribution in [0.4, 0.5) is 4.39 Å². The maximum atomic E-state index is 14.8. The third-order valence-electron chi connectivity index (χ3n) is 7.01. The molecule has 1 aromatic carbocycles. The van der Waals surface area contributed by atoms with Crippen LogP contribution in [0.3, 0.4) is 0 Å². The summed E-state index contributed by atoms with van der Waals surface area (Å²) in [5.74, 6) is -0.967. The highest BCUT2D eigenvalue weighted by Gasteiger charge is 2.37. The number of amides is 2. The molecule has 10 heteroatoms. The maximum Gasteiger partial charge on any atom is 0.272 e. The number of imidazole rings is 1. The Morgan fingerprint density at radius 3 is 2.64 bits per heavy atom. The maximum absolute atomic E-state index is 14.8. The molecule has 2 aliphatic rings. The molecule has 0 spiro atoms. The minimum atomic E-state index is -0.856. The van der Waals surface area contributed by atoms with E-state index in [-0.39, 0.29) is 23.2 Å². The van der Waals surface area contributed by atoms with E-state index in [1.807, 2.05) is 32.4 Å². The van der Waals surface area contributed by atoms with E-state index in [0.717, 1.165) is 19.4 Å². The van der Waals surface area contributed by atoms with Crippen molar-refractivity contribution in [3.8, 4) is 11.4 Å². The van der Waals surface area contributed by atoms with E-state index in [4.69, 9.17) is 11.6 Å². The first-order valence-corrected chi connectivity index (χ1v) is 12.9. The predicted octanol–water partition coefficient (Wildman–Crippen LogP) is 3.35. The number of aliphatic hydroxyl groups excluding tert-OH is 1. The molecule has 1 aromatic heterocycles. The smallest absolute Gasteiger partial charge is 0.272 e. The molecule has 36 heavy (non-hydrogen) atoms. The number of hydrogen-bond donors (Lipinski definition) is 3. The fourth-order valence-corrected chi connectivity index (χ4v) is 5.20. The summed E-state index contributed by atoms with van der Waals surface area (Å²) < 4.78 is 16.7. The van der Waals surface area contributed by atoms with Gasteiger partial charge in [-0.05, 0) is 62.9 Å². The number of nitrogens with one attached hydrogen (secondary N) is 2. The van der Waals surface area contributed by atoms with Crippen LogP contribution in [0.15, 0.2) is 18.2 Å². The molecular weight excluding hydrogens is 485 g/mol. The predicted molar refractivity (Wildman–Crippen MR) is 136 cm³/mol. The molecule has 1 fully saturated rings. The number of halogens is 2. The standard InChI is InChI=1S/C26H35ClFN5O3/c1-26(2,3)22(25(36)29-18-7-5-8-20(18)34)31-24(35)21-19-14-32(4)11-6-12-33(19)23(30-21)16-13-15(27)9-10-17(16)28/h9-10,13,18,20,22,34H,5-8,11-12,14H2,1-4H3,(H,29,36)(H,31,35)/t18-,20-,22+/m0/s1. The van der Waals surface area contributed by atoms with Crippen molar-refractivity contribution in [3.63, 3.8) is 0 Å². The number of aliphatic hydroxyl groups is 1. The number of carbonyl (C=O) groups is 2. The minimum Gasteiger partial charge on any atom is -0.391 e. The Balaban J connectivity index is 1.69. The van der Waals surface area contributed by atoms with E-state index < -0.39 is 29.3 Å². The van der Waals surface area contributed by atoms with E-state index >= 15 is 0 Å². The van der Waals surface area contributed by atoms with Gasteiger partial charge in [0.25, 0.3) is 5.91 Å². The Labute approximate surface area is 216 Å². The minimum absolute atomic E-state index is 0.168. The number of nitrogens with zero attached hydrogens (tertiary/aromatic N) is 3. The van der Waals surface area contributed by atoms with Gasteiger partial charge in [-0.25, -0.2) is 9.37 Å². The van der Waals surface area contributed by atoms with Gasteiger partial charge in [-0.15, -0.1) is 0 Å². The highest BCUT2D eigenvalue weighted by molar-refractivity contribution is 6.30. The van der Waals surface area contributed by atoms with Crippen LogP contribution in [0.5, 0.6) is 0 Å². The zero-order chi connectivity index (χ0) is 26.2. The van der Waals surface area contributed by atoms with Crippen molar-refractivity contribution in [1.82, 2.24) is 25.1 Å². The van der Waals surface area contributed by atoms with Gasteiger partial charge in [-0.2, -0.15) is 0 Å². The molecule has 3 N–H and O–H groups in total. The summed E-state index contributed by atoms with van der Waals surface area (Å²) in [4.78, 5) is 33.6. The van der Waals surface area contributed by atoms with Crippen molar-refractivity contribution in [2.24, 2.45) is 5.41 Å². The van der Waals surface area contributed by atoms with Gasteiger partial charge in [-0.3, -0.25) is 9.59 Å². The van der Waals surface area contributed by atoms with Crippen molar-refractivity contribution in [1.29, 1.82) is 0 Å². The summed E-state index contributed by atoms with van der Waals surface area (Å²) in [6.07, 6.45) is 2.42. The molecule has 2 amide bonds. The average Bonchev–Trinajstić information content (AvgIpc) is 3.29. The monoisotopic (exact) mass is 519 g/mol. The second-order valence-corrected chi connectivity index (χ2v) is 11.4. The van der Waals surface area contributed by atoms with Crippen LogP contribution in [0.2, 0.25) is 5.02 Å². The Kier molecular flexibility index (Phi) is 7.73. The van der Waals surface area contributed by atoms with Crippen molar-refractivity contribution < 1.29 is 19.1 Å². The molecule has 0 unspecified atom stereocenters. The van der Waals surface area contributed by atoms with Crippen LogP contribution >= 0.6 is 11.6 Å². The molecule has 4 rings (SSSR count). The SMILES string of the molecule is CN1CCCn2c(-c3cc(Cl)ccc3F)nc(C(=O)N[C@H](C(=O)N[C@H]3CCC[C@@H]3O)C(C)(C)C)c2C1. The van der Waals surface area contributed by atoms with E-state index in [0.29, 0.717) is 42.5 Å². The summed E-state index contributed by atoms with van der Waals surface area (Å²) in [7, 11) is 1.96. The molecule has 0 bridgehead atoms. The fraction of sp³-hybridized carbons (Fsp3) is 0.577. The van der Waals surface area contributed by atoms with Gasteiger partial charge >= 0.3 is 0 Å². The molecule has 0 radical (unpaired) electrons. The van der Waals surface area contributed by atoms with Crippen LogP contribution in [0.1, 0.15) is 62.6 Å². The Morgan fingerprint density at radius 2 is 1.97 bits per heavy atom. The van der Waals surface area contributed by atoms with Crippen molar-refractivity contribution in [2.45, 2.75) is 77.7 Å². The summed E-state index contributed by atoms with van der Waals surface area (Å²) in [5, 5.41) is 16.3. The fourth-order valence-electron chi connectivity index (χ4n) is 5.03. The van der Waals surface area contributed by atoms with Crippen molar-refractivity contribution >= 4 is 23.4 Å². The second kappa shape index (κ2) is 10.5. The highest BCUT2D eigenvalue weighted by atomic mass is 35.5. The first-order valence-electron chi connectivity index (χ1n) is 12.5. The lowest BCUT2D eigenvalue weighted by atomic mass is 9.85. The normalized spacial score (nSPS) is 21.5. The third-order valence-corrected chi connectivity index (χ3v) is 7.24. The van der Waals surface area contributed by atoms with Crippen LogP contribution in [0.25, 0.3) is 11.4 Å². The Morgan fingerprint density at radius 1 is 1.22 bits per heavy atom. The number of benzene rings is 1. The lowest BCUT2D eigenvalue weighted by Crippen LogP contribution is -2.56. The van der Waals surface area contributed by atoms with Crippen LogP contribution < -0.4 is 10.6 Å². The summed E-state index contributed by atoms with van der Waals surface area (Å²) in [6.45, 7) is 7.46. The molecule has 196 valence electrons. The van der Waals surface area contributed by atoms with Crippen molar-refractivity contribution in [2.75, 3.05) is 13.6 Å².